The lowest BCUT2D eigenvalue weighted by molar-refractivity contribution is 1.45. The minimum absolute atomic E-state index is 1.21. The first-order chi connectivity index (χ1) is 23.0. The summed E-state index contributed by atoms with van der Waals surface area (Å²) in [4.78, 5) is 2.50. The van der Waals surface area contributed by atoms with Crippen LogP contribution in [0.4, 0.5) is 0 Å². The van der Waals surface area contributed by atoms with Crippen LogP contribution in [0, 0.1) is 13.8 Å². The fraction of sp³-hybridized carbons (Fsp3) is 0.0435. The number of hydrogen-bond acceptors (Lipinski definition) is 1. The third kappa shape index (κ3) is 6.49. The summed E-state index contributed by atoms with van der Waals surface area (Å²) < 4.78 is 0. The number of fused-ring (bicyclic) bond motifs is 4. The first-order valence-electron chi connectivity index (χ1n) is 16.1. The van der Waals surface area contributed by atoms with Crippen LogP contribution in [0.15, 0.2) is 155 Å². The molecular formula is C46H34S. The van der Waals surface area contributed by atoms with Crippen LogP contribution < -0.4 is 0 Å². The molecule has 0 radical (unpaired) electrons. The van der Waals surface area contributed by atoms with Crippen LogP contribution in [0.2, 0.25) is 0 Å². The molecule has 0 saturated carbocycles. The van der Waals surface area contributed by atoms with Gasteiger partial charge in [0.15, 0.2) is 0 Å². The van der Waals surface area contributed by atoms with Crippen LogP contribution in [0.5, 0.6) is 0 Å². The Kier molecular flexibility index (Phi) is 7.69. The summed E-state index contributed by atoms with van der Waals surface area (Å²) >= 11 is 1.83. The van der Waals surface area contributed by atoms with Crippen molar-refractivity contribution in [1.82, 2.24) is 0 Å². The molecule has 1 heteroatoms. The topological polar surface area (TPSA) is 0 Å². The maximum absolute atomic E-state index is 2.32. The van der Waals surface area contributed by atoms with Gasteiger partial charge in [0.1, 0.15) is 0 Å². The Labute approximate surface area is 280 Å². The SMILES string of the molecule is Cc1ccc(/C=C/c2ccc3cc4cc(Sc5ccc6cc7cc(/C=C/c8ccc(C)cc8)ccc7cc6c5)ccc4cc3c2)cc1. The summed E-state index contributed by atoms with van der Waals surface area (Å²) in [5.41, 5.74) is 7.42. The average molecular weight is 619 g/mol. The van der Waals surface area contributed by atoms with Crippen molar-refractivity contribution in [3.63, 3.8) is 0 Å². The van der Waals surface area contributed by atoms with E-state index < -0.39 is 0 Å². The summed E-state index contributed by atoms with van der Waals surface area (Å²) in [6.45, 7) is 4.24. The summed E-state index contributed by atoms with van der Waals surface area (Å²) in [6.07, 6.45) is 8.76. The monoisotopic (exact) mass is 618 g/mol. The quantitative estimate of drug-likeness (QED) is 0.132. The molecule has 0 atom stereocenters. The molecule has 0 aliphatic carbocycles. The molecule has 0 unspecified atom stereocenters. The summed E-state index contributed by atoms with van der Waals surface area (Å²) in [6, 6.07) is 53.6. The van der Waals surface area contributed by atoms with Crippen LogP contribution in [0.1, 0.15) is 33.4 Å². The van der Waals surface area contributed by atoms with Crippen molar-refractivity contribution in [1.29, 1.82) is 0 Å². The molecule has 0 aliphatic rings. The molecular weight excluding hydrogens is 585 g/mol. The molecule has 0 amide bonds. The summed E-state index contributed by atoms with van der Waals surface area (Å²) in [7, 11) is 0. The molecule has 0 nitrogen and oxygen atoms in total. The Morgan fingerprint density at radius 3 is 1.02 bits per heavy atom. The van der Waals surface area contributed by atoms with Crippen molar-refractivity contribution < 1.29 is 0 Å². The van der Waals surface area contributed by atoms with E-state index in [4.69, 9.17) is 0 Å². The largest absolute Gasteiger partial charge is 0.0901 e. The number of hydrogen-bond donors (Lipinski definition) is 0. The first kappa shape index (κ1) is 29.1. The van der Waals surface area contributed by atoms with E-state index in [1.54, 1.807) is 0 Å². The molecule has 47 heavy (non-hydrogen) atoms. The Balaban J connectivity index is 1.02. The smallest absolute Gasteiger partial charge is 0.0128 e. The molecule has 0 aliphatic heterocycles. The van der Waals surface area contributed by atoms with E-state index in [-0.39, 0.29) is 0 Å². The molecule has 8 aromatic rings. The van der Waals surface area contributed by atoms with Crippen LogP contribution in [-0.2, 0) is 0 Å². The molecule has 224 valence electrons. The normalized spacial score (nSPS) is 12.0. The number of aryl methyl sites for hydroxylation is 2. The number of rotatable bonds is 6. The zero-order chi connectivity index (χ0) is 31.7. The van der Waals surface area contributed by atoms with E-state index in [9.17, 15) is 0 Å². The number of benzene rings is 8. The second kappa shape index (κ2) is 12.4. The van der Waals surface area contributed by atoms with Gasteiger partial charge in [0.2, 0.25) is 0 Å². The van der Waals surface area contributed by atoms with Crippen LogP contribution in [0.25, 0.3) is 67.4 Å². The van der Waals surface area contributed by atoms with Crippen LogP contribution in [-0.4, -0.2) is 0 Å². The fourth-order valence-electron chi connectivity index (χ4n) is 6.20. The summed E-state index contributed by atoms with van der Waals surface area (Å²) in [5, 5.41) is 10.1. The molecule has 0 fully saturated rings. The minimum atomic E-state index is 1.21. The van der Waals surface area contributed by atoms with Gasteiger partial charge in [-0.2, -0.15) is 0 Å². The van der Waals surface area contributed by atoms with E-state index in [0.29, 0.717) is 0 Å². The molecule has 0 spiro atoms. The molecule has 8 rings (SSSR count). The van der Waals surface area contributed by atoms with Gasteiger partial charge in [-0.3, -0.25) is 0 Å². The van der Waals surface area contributed by atoms with Crippen molar-refractivity contribution in [2.24, 2.45) is 0 Å². The van der Waals surface area contributed by atoms with Crippen molar-refractivity contribution in [3.8, 4) is 0 Å². The maximum atomic E-state index is 2.32. The Morgan fingerprint density at radius 1 is 0.298 bits per heavy atom. The van der Waals surface area contributed by atoms with Crippen molar-refractivity contribution in [3.05, 3.63) is 179 Å². The first-order valence-corrected chi connectivity index (χ1v) is 17.0. The van der Waals surface area contributed by atoms with Gasteiger partial charge >= 0.3 is 0 Å². The lowest BCUT2D eigenvalue weighted by atomic mass is 10.0. The van der Waals surface area contributed by atoms with Crippen LogP contribution >= 0.6 is 11.8 Å². The molecule has 0 aromatic heterocycles. The van der Waals surface area contributed by atoms with Gasteiger partial charge in [-0.05, 0) is 140 Å². The van der Waals surface area contributed by atoms with Gasteiger partial charge in [0, 0.05) is 9.79 Å². The van der Waals surface area contributed by atoms with Crippen molar-refractivity contribution in [2.75, 3.05) is 0 Å². The minimum Gasteiger partial charge on any atom is -0.0901 e. The lowest BCUT2D eigenvalue weighted by Crippen LogP contribution is -1.82. The van der Waals surface area contributed by atoms with Gasteiger partial charge < -0.3 is 0 Å². The average Bonchev–Trinajstić information content (AvgIpc) is 3.09. The molecule has 0 heterocycles. The van der Waals surface area contributed by atoms with Crippen molar-refractivity contribution in [2.45, 2.75) is 23.6 Å². The highest BCUT2D eigenvalue weighted by atomic mass is 32.2. The second-order valence-electron chi connectivity index (χ2n) is 12.5. The van der Waals surface area contributed by atoms with Crippen molar-refractivity contribution >= 4 is 79.2 Å². The zero-order valence-corrected chi connectivity index (χ0v) is 27.4. The third-order valence-electron chi connectivity index (χ3n) is 8.91. The molecule has 0 N–H and O–H groups in total. The van der Waals surface area contributed by atoms with Gasteiger partial charge in [-0.15, -0.1) is 0 Å². The molecule has 8 aromatic carbocycles. The van der Waals surface area contributed by atoms with Gasteiger partial charge in [0.25, 0.3) is 0 Å². The lowest BCUT2D eigenvalue weighted by Gasteiger charge is -2.09. The fourth-order valence-corrected chi connectivity index (χ4v) is 7.11. The highest BCUT2D eigenvalue weighted by molar-refractivity contribution is 7.99. The van der Waals surface area contributed by atoms with E-state index >= 15 is 0 Å². The van der Waals surface area contributed by atoms with Gasteiger partial charge in [0.05, 0.1) is 0 Å². The predicted molar refractivity (Wildman–Crippen MR) is 207 cm³/mol. The molecule has 0 bridgehead atoms. The highest BCUT2D eigenvalue weighted by Gasteiger charge is 2.06. The predicted octanol–water partition coefficient (Wildman–Crippen LogP) is 13.4. The zero-order valence-electron chi connectivity index (χ0n) is 26.6. The highest BCUT2D eigenvalue weighted by Crippen LogP contribution is 2.35. The van der Waals surface area contributed by atoms with E-state index in [1.807, 2.05) is 11.8 Å². The standard InChI is InChI=1S/C46H34S/c1-31-3-7-33(8-4-31)11-13-35-15-17-37-27-43-29-45(21-19-39(43)25-41(37)23-35)47-46-22-20-40-26-42-24-36(16-18-38(42)28-44(40)30-46)14-12-34-9-5-32(2)6-10-34/h3-30H,1-2H3/b13-11+,14-12+. The van der Waals surface area contributed by atoms with Crippen LogP contribution in [0.3, 0.4) is 0 Å². The second-order valence-corrected chi connectivity index (χ2v) is 13.7. The van der Waals surface area contributed by atoms with Gasteiger partial charge in [-0.1, -0.05) is 132 Å². The Bertz CT molecular complexity index is 2300. The third-order valence-corrected chi connectivity index (χ3v) is 9.89. The Hall–Kier alpha value is -5.37. The Morgan fingerprint density at radius 2 is 0.617 bits per heavy atom. The summed E-state index contributed by atoms with van der Waals surface area (Å²) in [5.74, 6) is 0. The van der Waals surface area contributed by atoms with E-state index in [0.717, 1.165) is 0 Å². The van der Waals surface area contributed by atoms with E-state index in [2.05, 4.69) is 184 Å². The van der Waals surface area contributed by atoms with Gasteiger partial charge in [-0.25, -0.2) is 0 Å². The molecule has 0 saturated heterocycles. The van der Waals surface area contributed by atoms with E-state index in [1.165, 1.54) is 86.3 Å². The maximum Gasteiger partial charge on any atom is 0.0128 e.